The zero-order valence-corrected chi connectivity index (χ0v) is 10.4. The van der Waals surface area contributed by atoms with E-state index in [0.29, 0.717) is 12.1 Å². The maximum Gasteiger partial charge on any atom is 0.268 e. The molecule has 2 atom stereocenters. The first kappa shape index (κ1) is 11.7. The van der Waals surface area contributed by atoms with Gasteiger partial charge in [-0.1, -0.05) is 6.42 Å². The van der Waals surface area contributed by atoms with Crippen LogP contribution in [0.2, 0.25) is 0 Å². The van der Waals surface area contributed by atoms with Gasteiger partial charge >= 0.3 is 0 Å². The summed E-state index contributed by atoms with van der Waals surface area (Å²) in [6.07, 6.45) is 5.65. The summed E-state index contributed by atoms with van der Waals surface area (Å²) >= 11 is 0. The topological polar surface area (TPSA) is 71.5 Å². The Morgan fingerprint density at radius 3 is 2.83 bits per heavy atom. The fourth-order valence-corrected chi connectivity index (χ4v) is 3.41. The number of carbonyl (C=O) groups is 1. The average Bonchev–Trinajstić information content (AvgIpc) is 3.03. The number of rotatable bonds is 3. The van der Waals surface area contributed by atoms with Crippen LogP contribution in [0.5, 0.6) is 0 Å². The molecule has 3 rings (SSSR count). The molecule has 2 fully saturated rings. The lowest BCUT2D eigenvalue weighted by molar-refractivity contribution is 0.0950. The second-order valence-electron chi connectivity index (χ2n) is 5.38. The fourth-order valence-electron chi connectivity index (χ4n) is 3.41. The molecule has 1 amide bonds. The van der Waals surface area contributed by atoms with Gasteiger partial charge in [-0.2, -0.15) is 0 Å². The predicted molar refractivity (Wildman–Crippen MR) is 66.5 cm³/mol. The lowest BCUT2D eigenvalue weighted by Crippen LogP contribution is -2.31. The van der Waals surface area contributed by atoms with E-state index >= 15 is 0 Å². The molecule has 5 heteroatoms. The second kappa shape index (κ2) is 4.74. The summed E-state index contributed by atoms with van der Waals surface area (Å²) in [5, 5.41) is 0. The number of hydrogen-bond donors (Lipinski definition) is 2. The molecule has 98 valence electrons. The highest BCUT2D eigenvalue weighted by Crippen LogP contribution is 2.38. The molecule has 1 aliphatic carbocycles. The molecule has 0 bridgehead atoms. The summed E-state index contributed by atoms with van der Waals surface area (Å²) in [4.78, 5) is 13.9. The van der Waals surface area contributed by atoms with E-state index in [-0.39, 0.29) is 5.91 Å². The highest BCUT2D eigenvalue weighted by Gasteiger charge is 2.36. The molecule has 0 spiro atoms. The summed E-state index contributed by atoms with van der Waals surface area (Å²) < 4.78 is 5.41. The van der Waals surface area contributed by atoms with Crippen LogP contribution >= 0.6 is 0 Å². The minimum absolute atomic E-state index is 0.279. The number of amides is 1. The van der Waals surface area contributed by atoms with Crippen molar-refractivity contribution in [2.45, 2.75) is 25.8 Å². The fraction of sp³-hybridized carbons (Fsp3) is 0.615. The van der Waals surface area contributed by atoms with E-state index in [1.807, 2.05) is 0 Å². The van der Waals surface area contributed by atoms with Crippen molar-refractivity contribution in [1.29, 1.82) is 0 Å². The quantitative estimate of drug-likeness (QED) is 0.478. The molecule has 1 aliphatic heterocycles. The van der Waals surface area contributed by atoms with Gasteiger partial charge < -0.3 is 4.42 Å². The monoisotopic (exact) mass is 249 g/mol. The van der Waals surface area contributed by atoms with Crippen molar-refractivity contribution < 1.29 is 9.21 Å². The van der Waals surface area contributed by atoms with Gasteiger partial charge in [0.25, 0.3) is 5.91 Å². The first-order valence-corrected chi connectivity index (χ1v) is 6.57. The first-order valence-electron chi connectivity index (χ1n) is 6.57. The zero-order chi connectivity index (χ0) is 12.5. The van der Waals surface area contributed by atoms with Gasteiger partial charge in [0.15, 0.2) is 0 Å². The van der Waals surface area contributed by atoms with Crippen molar-refractivity contribution >= 4 is 5.91 Å². The molecule has 2 aliphatic rings. The smallest absolute Gasteiger partial charge is 0.268 e. The number of nitrogens with one attached hydrogen (secondary N) is 1. The van der Waals surface area contributed by atoms with Crippen molar-refractivity contribution in [3.8, 4) is 0 Å². The summed E-state index contributed by atoms with van der Waals surface area (Å²) in [6, 6.07) is 1.68. The third-order valence-corrected chi connectivity index (χ3v) is 4.29. The maximum absolute atomic E-state index is 11.6. The van der Waals surface area contributed by atoms with Crippen molar-refractivity contribution in [1.82, 2.24) is 10.3 Å². The largest absolute Gasteiger partial charge is 0.467 e. The van der Waals surface area contributed by atoms with Crippen LogP contribution in [-0.2, 0) is 6.54 Å². The van der Waals surface area contributed by atoms with Gasteiger partial charge in [0, 0.05) is 13.1 Å². The number of hydrazine groups is 1. The van der Waals surface area contributed by atoms with Gasteiger partial charge in [-0.3, -0.25) is 15.1 Å². The summed E-state index contributed by atoms with van der Waals surface area (Å²) in [5.41, 5.74) is 2.71. The van der Waals surface area contributed by atoms with Crippen molar-refractivity contribution in [3.05, 3.63) is 23.7 Å². The molecular formula is C13H19N3O2. The van der Waals surface area contributed by atoms with E-state index in [0.717, 1.165) is 30.7 Å². The summed E-state index contributed by atoms with van der Waals surface area (Å²) in [6.45, 7) is 2.98. The Balaban J connectivity index is 1.67. The van der Waals surface area contributed by atoms with E-state index < -0.39 is 0 Å². The van der Waals surface area contributed by atoms with Crippen LogP contribution in [0.15, 0.2) is 16.7 Å². The Bertz CT molecular complexity index is 431. The number of furan rings is 1. The van der Waals surface area contributed by atoms with Crippen molar-refractivity contribution in [2.24, 2.45) is 17.7 Å². The highest BCUT2D eigenvalue weighted by molar-refractivity contribution is 5.94. The van der Waals surface area contributed by atoms with Crippen LogP contribution < -0.4 is 11.3 Å². The lowest BCUT2D eigenvalue weighted by atomic mass is 10.0. The number of carbonyl (C=O) groups excluding carboxylic acids is 1. The van der Waals surface area contributed by atoms with Crippen LogP contribution in [0.1, 0.15) is 35.4 Å². The third-order valence-electron chi connectivity index (χ3n) is 4.29. The summed E-state index contributed by atoms with van der Waals surface area (Å²) in [5.74, 6) is 7.31. The highest BCUT2D eigenvalue weighted by atomic mass is 16.3. The van der Waals surface area contributed by atoms with E-state index in [1.165, 1.54) is 19.3 Å². The minimum atomic E-state index is -0.279. The normalized spacial score (nSPS) is 27.4. The molecular weight excluding hydrogens is 230 g/mol. The molecule has 3 N–H and O–H groups in total. The second-order valence-corrected chi connectivity index (χ2v) is 5.38. The van der Waals surface area contributed by atoms with E-state index in [2.05, 4.69) is 10.3 Å². The Labute approximate surface area is 106 Å². The number of fused-ring (bicyclic) bond motifs is 1. The van der Waals surface area contributed by atoms with Crippen LogP contribution in [0.3, 0.4) is 0 Å². The van der Waals surface area contributed by atoms with E-state index in [1.54, 1.807) is 12.3 Å². The van der Waals surface area contributed by atoms with Gasteiger partial charge in [0.1, 0.15) is 5.76 Å². The zero-order valence-electron chi connectivity index (χ0n) is 10.4. The minimum Gasteiger partial charge on any atom is -0.467 e. The molecule has 0 aromatic carbocycles. The number of nitrogens with two attached hydrogens (primary N) is 1. The Morgan fingerprint density at radius 1 is 1.44 bits per heavy atom. The Hall–Kier alpha value is -1.33. The van der Waals surface area contributed by atoms with E-state index in [4.69, 9.17) is 10.3 Å². The van der Waals surface area contributed by atoms with Gasteiger partial charge in [-0.25, -0.2) is 5.84 Å². The van der Waals surface area contributed by atoms with Gasteiger partial charge in [0.05, 0.1) is 18.4 Å². The van der Waals surface area contributed by atoms with Crippen molar-refractivity contribution in [2.75, 3.05) is 13.1 Å². The van der Waals surface area contributed by atoms with Crippen LogP contribution in [0, 0.1) is 11.8 Å². The third kappa shape index (κ3) is 2.04. The molecule has 1 saturated heterocycles. The number of nitrogen functional groups attached to an aromatic ring is 1. The van der Waals surface area contributed by atoms with Crippen molar-refractivity contribution in [3.63, 3.8) is 0 Å². The molecule has 2 heterocycles. The SMILES string of the molecule is NNC(=O)c1ccoc1CN1CC2CCCC2C1. The number of hydrogen-bond acceptors (Lipinski definition) is 4. The molecule has 1 aromatic rings. The molecule has 0 radical (unpaired) electrons. The van der Waals surface area contributed by atoms with E-state index in [9.17, 15) is 4.79 Å². The van der Waals surface area contributed by atoms with Gasteiger partial charge in [-0.05, 0) is 30.7 Å². The van der Waals surface area contributed by atoms with Crippen LogP contribution in [0.25, 0.3) is 0 Å². The van der Waals surface area contributed by atoms with Gasteiger partial charge in [0.2, 0.25) is 0 Å². The number of nitrogens with zero attached hydrogens (tertiary/aromatic N) is 1. The predicted octanol–water partition coefficient (Wildman–Crippen LogP) is 1.11. The number of likely N-dealkylation sites (tertiary alicyclic amines) is 1. The van der Waals surface area contributed by atoms with Crippen LogP contribution in [0.4, 0.5) is 0 Å². The van der Waals surface area contributed by atoms with Crippen LogP contribution in [-0.4, -0.2) is 23.9 Å². The summed E-state index contributed by atoms with van der Waals surface area (Å²) in [7, 11) is 0. The molecule has 18 heavy (non-hydrogen) atoms. The molecule has 2 unspecified atom stereocenters. The maximum atomic E-state index is 11.6. The molecule has 5 nitrogen and oxygen atoms in total. The molecule has 1 saturated carbocycles. The van der Waals surface area contributed by atoms with Gasteiger partial charge in [-0.15, -0.1) is 0 Å². The first-order chi connectivity index (χ1) is 8.78. The Kier molecular flexibility index (Phi) is 3.09. The molecule has 1 aromatic heterocycles. The standard InChI is InChI=1S/C13H19N3O2/c14-15-13(17)11-4-5-18-12(11)8-16-6-9-2-1-3-10(9)7-16/h4-5,9-10H,1-3,6-8,14H2,(H,15,17). The lowest BCUT2D eigenvalue weighted by Gasteiger charge is -2.15. The Morgan fingerprint density at radius 2 is 2.17 bits per heavy atom. The average molecular weight is 249 g/mol.